The number of ether oxygens (including phenoxy) is 2. The van der Waals surface area contributed by atoms with E-state index in [-0.39, 0.29) is 0 Å². The number of methoxy groups -OCH3 is 1. The lowest BCUT2D eigenvalue weighted by Gasteiger charge is -2.17. The summed E-state index contributed by atoms with van der Waals surface area (Å²) in [7, 11) is 1.29. The summed E-state index contributed by atoms with van der Waals surface area (Å²) in [6.07, 6.45) is -0.0286. The Morgan fingerprint density at radius 3 is 2.96 bits per heavy atom. The van der Waals surface area contributed by atoms with Gasteiger partial charge in [-0.2, -0.15) is 11.8 Å². The summed E-state index contributed by atoms with van der Waals surface area (Å²) in [6, 6.07) is 1.07. The number of nitrogens with two attached hydrogens (primary N) is 2. The van der Waals surface area contributed by atoms with Gasteiger partial charge in [0.2, 0.25) is 0 Å². The van der Waals surface area contributed by atoms with Gasteiger partial charge >= 0.3 is 5.97 Å². The Balaban J connectivity index is 1.60. The number of anilines is 1. The van der Waals surface area contributed by atoms with Crippen LogP contribution in [0.2, 0.25) is 0 Å². The van der Waals surface area contributed by atoms with Crippen LogP contribution in [0.1, 0.15) is 12.6 Å². The van der Waals surface area contributed by atoms with E-state index in [1.54, 1.807) is 16.8 Å². The van der Waals surface area contributed by atoms with Gasteiger partial charge in [0.1, 0.15) is 36.0 Å². The highest BCUT2D eigenvalue weighted by Gasteiger charge is 2.43. The molecule has 0 aromatic carbocycles. The molecule has 0 spiro atoms. The van der Waals surface area contributed by atoms with Crippen molar-refractivity contribution in [3.05, 3.63) is 18.6 Å². The molecule has 148 valence electrons. The van der Waals surface area contributed by atoms with E-state index < -0.39 is 36.6 Å². The predicted octanol–water partition coefficient (Wildman–Crippen LogP) is -0.744. The summed E-state index contributed by atoms with van der Waals surface area (Å²) >= 11 is 1.48. The van der Waals surface area contributed by atoms with Crippen molar-refractivity contribution in [3.63, 3.8) is 0 Å². The summed E-state index contributed by atoms with van der Waals surface area (Å²) < 4.78 is 12.1. The molecule has 3 heterocycles. The van der Waals surface area contributed by atoms with Crippen molar-refractivity contribution in [2.75, 3.05) is 24.3 Å². The van der Waals surface area contributed by atoms with Crippen LogP contribution in [-0.4, -0.2) is 73.7 Å². The molecule has 1 aliphatic heterocycles. The van der Waals surface area contributed by atoms with Crippen LogP contribution >= 0.6 is 11.8 Å². The highest BCUT2D eigenvalue weighted by Crippen LogP contribution is 2.34. The number of thioether (sulfide) groups is 1. The fraction of sp³-hybridized carbons (Fsp3) is 0.562. The fourth-order valence-electron chi connectivity index (χ4n) is 2.97. The zero-order valence-electron chi connectivity index (χ0n) is 14.8. The van der Waals surface area contributed by atoms with Gasteiger partial charge in [-0.15, -0.1) is 0 Å². The summed E-state index contributed by atoms with van der Waals surface area (Å²) in [5.41, 5.74) is 12.0. The van der Waals surface area contributed by atoms with Crippen LogP contribution in [0, 0.1) is 0 Å². The van der Waals surface area contributed by atoms with E-state index >= 15 is 0 Å². The van der Waals surface area contributed by atoms with E-state index in [0.717, 1.165) is 0 Å². The molecule has 0 amide bonds. The van der Waals surface area contributed by atoms with Crippen molar-refractivity contribution in [1.82, 2.24) is 14.5 Å². The summed E-state index contributed by atoms with van der Waals surface area (Å²) in [6.45, 7) is 0. The number of hydrogen-bond donors (Lipinski definition) is 4. The van der Waals surface area contributed by atoms with Gasteiger partial charge in [-0.3, -0.25) is 4.79 Å². The molecule has 2 aromatic rings. The summed E-state index contributed by atoms with van der Waals surface area (Å²) in [4.78, 5) is 19.4. The van der Waals surface area contributed by atoms with Crippen molar-refractivity contribution in [2.45, 2.75) is 37.0 Å². The Morgan fingerprint density at radius 2 is 2.22 bits per heavy atom. The summed E-state index contributed by atoms with van der Waals surface area (Å²) in [5, 5.41) is 21.4. The lowest BCUT2D eigenvalue weighted by molar-refractivity contribution is -0.142. The van der Waals surface area contributed by atoms with Crippen molar-refractivity contribution >= 4 is 34.6 Å². The minimum Gasteiger partial charge on any atom is -0.468 e. The molecule has 2 aromatic heterocycles. The van der Waals surface area contributed by atoms with Crippen LogP contribution in [0.15, 0.2) is 18.6 Å². The molecule has 1 aliphatic rings. The predicted molar refractivity (Wildman–Crippen MR) is 99.8 cm³/mol. The molecule has 27 heavy (non-hydrogen) atoms. The number of esters is 1. The maximum atomic E-state index is 11.3. The van der Waals surface area contributed by atoms with Gasteiger partial charge in [0.05, 0.1) is 18.6 Å². The zero-order valence-corrected chi connectivity index (χ0v) is 15.6. The SMILES string of the molecule is COC(=O)C(N)CCSC[C@H]1OC(n2ccc3c(N)ncnc32)[C@H](O)[C@@H]1O. The first-order chi connectivity index (χ1) is 12.9. The Labute approximate surface area is 159 Å². The maximum absolute atomic E-state index is 11.3. The molecule has 0 bridgehead atoms. The Kier molecular flexibility index (Phi) is 6.17. The molecule has 0 saturated carbocycles. The molecular weight excluding hydrogens is 374 g/mol. The number of rotatable bonds is 7. The number of fused-ring (bicyclic) bond motifs is 1. The van der Waals surface area contributed by atoms with E-state index in [1.807, 2.05) is 0 Å². The van der Waals surface area contributed by atoms with E-state index in [9.17, 15) is 15.0 Å². The molecule has 10 nitrogen and oxygen atoms in total. The molecule has 0 radical (unpaired) electrons. The Hall–Kier alpha value is -1.92. The van der Waals surface area contributed by atoms with Gasteiger partial charge < -0.3 is 35.7 Å². The second-order valence-corrected chi connectivity index (χ2v) is 7.41. The Bertz CT molecular complexity index is 803. The first kappa shape index (κ1) is 19.8. The average molecular weight is 397 g/mol. The second kappa shape index (κ2) is 8.40. The third-order valence-corrected chi connectivity index (χ3v) is 5.60. The molecule has 2 unspecified atom stereocenters. The first-order valence-electron chi connectivity index (χ1n) is 8.43. The van der Waals surface area contributed by atoms with E-state index in [2.05, 4.69) is 14.7 Å². The van der Waals surface area contributed by atoms with Crippen LogP contribution in [0.25, 0.3) is 11.0 Å². The number of aliphatic hydroxyl groups is 2. The third kappa shape index (κ3) is 4.01. The van der Waals surface area contributed by atoms with Gasteiger partial charge in [-0.05, 0) is 18.2 Å². The quantitative estimate of drug-likeness (QED) is 0.346. The van der Waals surface area contributed by atoms with Gasteiger partial charge in [-0.25, -0.2) is 9.97 Å². The molecule has 6 N–H and O–H groups in total. The zero-order chi connectivity index (χ0) is 19.6. The minimum atomic E-state index is -1.11. The van der Waals surface area contributed by atoms with Gasteiger partial charge in [0.15, 0.2) is 6.23 Å². The topological polar surface area (TPSA) is 159 Å². The van der Waals surface area contributed by atoms with Crippen molar-refractivity contribution in [2.24, 2.45) is 5.73 Å². The van der Waals surface area contributed by atoms with Crippen molar-refractivity contribution < 1.29 is 24.5 Å². The van der Waals surface area contributed by atoms with Gasteiger partial charge in [0, 0.05) is 11.9 Å². The van der Waals surface area contributed by atoms with Crippen LogP contribution in [-0.2, 0) is 14.3 Å². The fourth-order valence-corrected chi connectivity index (χ4v) is 4.07. The number of nitrogen functional groups attached to an aromatic ring is 1. The van der Waals surface area contributed by atoms with Gasteiger partial charge in [0.25, 0.3) is 0 Å². The molecule has 5 atom stereocenters. The lowest BCUT2D eigenvalue weighted by atomic mass is 10.1. The number of hydrogen-bond acceptors (Lipinski definition) is 10. The largest absolute Gasteiger partial charge is 0.468 e. The second-order valence-electron chi connectivity index (χ2n) is 6.26. The normalized spacial score (nSPS) is 26.4. The van der Waals surface area contributed by atoms with Crippen LogP contribution in [0.3, 0.4) is 0 Å². The molecule has 3 rings (SSSR count). The first-order valence-corrected chi connectivity index (χ1v) is 9.59. The molecule has 11 heteroatoms. The van der Waals surface area contributed by atoms with Crippen LogP contribution in [0.4, 0.5) is 5.82 Å². The van der Waals surface area contributed by atoms with Crippen molar-refractivity contribution in [1.29, 1.82) is 0 Å². The van der Waals surface area contributed by atoms with E-state index in [1.165, 1.54) is 25.2 Å². The number of nitrogens with zero attached hydrogens (tertiary/aromatic N) is 3. The van der Waals surface area contributed by atoms with Crippen LogP contribution < -0.4 is 11.5 Å². The molecule has 0 aliphatic carbocycles. The number of aliphatic hydroxyl groups excluding tert-OH is 2. The van der Waals surface area contributed by atoms with E-state index in [4.69, 9.17) is 16.2 Å². The lowest BCUT2D eigenvalue weighted by Crippen LogP contribution is -2.33. The molecule has 1 saturated heterocycles. The number of carbonyl (C=O) groups is 1. The summed E-state index contributed by atoms with van der Waals surface area (Å²) in [5.74, 6) is 0.920. The highest BCUT2D eigenvalue weighted by molar-refractivity contribution is 7.99. The Morgan fingerprint density at radius 1 is 1.44 bits per heavy atom. The molecular formula is C16H23N5O5S. The van der Waals surface area contributed by atoms with Crippen LogP contribution in [0.5, 0.6) is 0 Å². The standard InChI is InChI=1S/C16H23N5O5S/c1-25-16(24)9(17)3-5-27-6-10-11(22)12(23)15(26-10)21-4-2-8-13(18)19-7-20-14(8)21/h2,4,7,9-12,15,22-23H,3,5-6,17H2,1H3,(H2,18,19,20)/t9?,10-,11-,12-,15?/m1/s1. The van der Waals surface area contributed by atoms with Gasteiger partial charge in [-0.1, -0.05) is 0 Å². The smallest absolute Gasteiger partial charge is 0.322 e. The van der Waals surface area contributed by atoms with E-state index in [0.29, 0.717) is 34.8 Å². The maximum Gasteiger partial charge on any atom is 0.322 e. The van der Waals surface area contributed by atoms with Crippen molar-refractivity contribution in [3.8, 4) is 0 Å². The highest BCUT2D eigenvalue weighted by atomic mass is 32.2. The minimum absolute atomic E-state index is 0.334. The molecule has 1 fully saturated rings. The number of carbonyl (C=O) groups excluding carboxylic acids is 1. The number of aromatic nitrogens is 3. The third-order valence-electron chi connectivity index (χ3n) is 4.51. The monoisotopic (exact) mass is 397 g/mol. The average Bonchev–Trinajstić information content (AvgIpc) is 3.21.